The summed E-state index contributed by atoms with van der Waals surface area (Å²) in [6, 6.07) is 13.9. The molecule has 1 N–H and O–H groups in total. The third-order valence-corrected chi connectivity index (χ3v) is 4.06. The van der Waals surface area contributed by atoms with E-state index in [4.69, 9.17) is 4.74 Å². The maximum Gasteiger partial charge on any atom is 0.248 e. The Morgan fingerprint density at radius 1 is 1.12 bits per heavy atom. The first-order valence-corrected chi connectivity index (χ1v) is 8.94. The first-order valence-electron chi connectivity index (χ1n) is 8.94. The van der Waals surface area contributed by atoms with Crippen LogP contribution in [-0.4, -0.2) is 12.5 Å². The third-order valence-electron chi connectivity index (χ3n) is 4.06. The normalized spacial score (nSPS) is 10.8. The van der Waals surface area contributed by atoms with Gasteiger partial charge in [-0.2, -0.15) is 0 Å². The Bertz CT molecular complexity index is 717. The number of benzene rings is 2. The lowest BCUT2D eigenvalue weighted by atomic mass is 10.1. The zero-order chi connectivity index (χ0) is 18.1. The second-order valence-electron chi connectivity index (χ2n) is 6.06. The van der Waals surface area contributed by atoms with Crippen molar-refractivity contribution in [3.8, 4) is 5.75 Å². The summed E-state index contributed by atoms with van der Waals surface area (Å²) < 4.78 is 5.64. The molecule has 0 aromatic heterocycles. The highest BCUT2D eigenvalue weighted by molar-refractivity contribution is 6.02. The number of para-hydroxylation sites is 1. The van der Waals surface area contributed by atoms with E-state index in [0.717, 1.165) is 54.0 Å². The van der Waals surface area contributed by atoms with E-state index in [9.17, 15) is 4.79 Å². The molecule has 2 rings (SSSR count). The number of hydrogen-bond acceptors (Lipinski definition) is 2. The van der Waals surface area contributed by atoms with E-state index in [1.54, 1.807) is 6.08 Å². The molecular formula is C22H27NO2. The Morgan fingerprint density at radius 2 is 1.88 bits per heavy atom. The number of hydrogen-bond donors (Lipinski definition) is 1. The maximum absolute atomic E-state index is 12.2. The van der Waals surface area contributed by atoms with Crippen molar-refractivity contribution < 1.29 is 9.53 Å². The number of carbonyl (C=O) groups excluding carboxylic acids is 1. The molecule has 0 aliphatic carbocycles. The second kappa shape index (κ2) is 9.67. The summed E-state index contributed by atoms with van der Waals surface area (Å²) in [6.07, 6.45) is 6.45. The summed E-state index contributed by atoms with van der Waals surface area (Å²) >= 11 is 0. The molecule has 3 nitrogen and oxygen atoms in total. The number of ether oxygens (including phenoxy) is 1. The molecule has 0 heterocycles. The summed E-state index contributed by atoms with van der Waals surface area (Å²) in [5.41, 5.74) is 4.11. The minimum atomic E-state index is -0.118. The van der Waals surface area contributed by atoms with Crippen LogP contribution in [0.4, 0.5) is 5.69 Å². The molecule has 3 heteroatoms. The van der Waals surface area contributed by atoms with Crippen LogP contribution < -0.4 is 10.1 Å². The number of amides is 1. The summed E-state index contributed by atoms with van der Waals surface area (Å²) in [6.45, 7) is 6.98. The van der Waals surface area contributed by atoms with Crippen LogP contribution in [0.5, 0.6) is 5.75 Å². The topological polar surface area (TPSA) is 38.3 Å². The molecule has 0 radical (unpaired) electrons. The fraction of sp³-hybridized carbons (Fsp3) is 0.318. The number of carbonyl (C=O) groups is 1. The van der Waals surface area contributed by atoms with Crippen molar-refractivity contribution in [2.24, 2.45) is 0 Å². The van der Waals surface area contributed by atoms with Crippen LogP contribution >= 0.6 is 0 Å². The predicted octanol–water partition coefficient (Wildman–Crippen LogP) is 5.39. The van der Waals surface area contributed by atoms with Gasteiger partial charge in [0.2, 0.25) is 5.91 Å². The molecule has 2 aromatic rings. The van der Waals surface area contributed by atoms with Gasteiger partial charge >= 0.3 is 0 Å². The van der Waals surface area contributed by atoms with Crippen molar-refractivity contribution in [3.05, 3.63) is 65.2 Å². The number of nitrogens with one attached hydrogen (secondary N) is 1. The average Bonchev–Trinajstić information content (AvgIpc) is 2.63. The molecule has 0 bridgehead atoms. The number of anilines is 1. The van der Waals surface area contributed by atoms with E-state index in [2.05, 4.69) is 19.2 Å². The van der Waals surface area contributed by atoms with Crippen molar-refractivity contribution >= 4 is 17.7 Å². The third kappa shape index (κ3) is 5.79. The quantitative estimate of drug-likeness (QED) is 0.518. The van der Waals surface area contributed by atoms with Crippen molar-refractivity contribution in [3.63, 3.8) is 0 Å². The molecule has 0 aliphatic heterocycles. The Morgan fingerprint density at radius 3 is 2.56 bits per heavy atom. The average molecular weight is 337 g/mol. The molecule has 132 valence electrons. The van der Waals surface area contributed by atoms with E-state index in [1.807, 2.05) is 55.5 Å². The largest absolute Gasteiger partial charge is 0.494 e. The Balaban J connectivity index is 1.96. The fourth-order valence-corrected chi connectivity index (χ4v) is 2.55. The van der Waals surface area contributed by atoms with Crippen LogP contribution in [0.25, 0.3) is 6.08 Å². The van der Waals surface area contributed by atoms with Crippen LogP contribution in [0.15, 0.2) is 48.5 Å². The van der Waals surface area contributed by atoms with Gasteiger partial charge in [0.1, 0.15) is 5.75 Å². The van der Waals surface area contributed by atoms with Crippen LogP contribution in [0.2, 0.25) is 0 Å². The van der Waals surface area contributed by atoms with Gasteiger partial charge in [-0.05, 0) is 54.7 Å². The van der Waals surface area contributed by atoms with Crippen LogP contribution in [0, 0.1) is 6.92 Å². The highest BCUT2D eigenvalue weighted by atomic mass is 16.5. The van der Waals surface area contributed by atoms with Gasteiger partial charge in [-0.1, -0.05) is 50.6 Å². The van der Waals surface area contributed by atoms with E-state index >= 15 is 0 Å². The van der Waals surface area contributed by atoms with Crippen molar-refractivity contribution in [1.29, 1.82) is 0 Å². The predicted molar refractivity (Wildman–Crippen MR) is 105 cm³/mol. The first kappa shape index (κ1) is 18.8. The van der Waals surface area contributed by atoms with Gasteiger partial charge in [-0.3, -0.25) is 4.79 Å². The molecule has 25 heavy (non-hydrogen) atoms. The van der Waals surface area contributed by atoms with Gasteiger partial charge in [-0.15, -0.1) is 0 Å². The molecule has 1 amide bonds. The minimum Gasteiger partial charge on any atom is -0.494 e. The van der Waals surface area contributed by atoms with Crippen molar-refractivity contribution in [2.45, 2.75) is 40.0 Å². The van der Waals surface area contributed by atoms with E-state index in [1.165, 1.54) is 0 Å². The van der Waals surface area contributed by atoms with Gasteiger partial charge < -0.3 is 10.1 Å². The zero-order valence-corrected chi connectivity index (χ0v) is 15.3. The smallest absolute Gasteiger partial charge is 0.248 e. The first-order chi connectivity index (χ1) is 12.1. The number of aryl methyl sites for hydroxylation is 2. The number of rotatable bonds is 8. The van der Waals surface area contributed by atoms with Gasteiger partial charge in [0.05, 0.1) is 6.61 Å². The Hall–Kier alpha value is -2.55. The fourth-order valence-electron chi connectivity index (χ4n) is 2.55. The van der Waals surface area contributed by atoms with Crippen molar-refractivity contribution in [1.82, 2.24) is 0 Å². The molecule has 0 saturated heterocycles. The highest BCUT2D eigenvalue weighted by Crippen LogP contribution is 2.21. The Labute approximate surface area is 150 Å². The molecule has 0 spiro atoms. The minimum absolute atomic E-state index is 0.118. The highest BCUT2D eigenvalue weighted by Gasteiger charge is 2.06. The van der Waals surface area contributed by atoms with Gasteiger partial charge in [0, 0.05) is 11.8 Å². The zero-order valence-electron chi connectivity index (χ0n) is 15.3. The number of unbranched alkanes of at least 4 members (excludes halogenated alkanes) is 1. The van der Waals surface area contributed by atoms with Gasteiger partial charge in [0.15, 0.2) is 0 Å². The van der Waals surface area contributed by atoms with Crippen LogP contribution in [0.3, 0.4) is 0 Å². The molecule has 0 atom stereocenters. The lowest BCUT2D eigenvalue weighted by molar-refractivity contribution is -0.111. The van der Waals surface area contributed by atoms with E-state index in [-0.39, 0.29) is 5.91 Å². The molecule has 0 saturated carbocycles. The summed E-state index contributed by atoms with van der Waals surface area (Å²) in [7, 11) is 0. The molecule has 0 fully saturated rings. The molecule has 0 aliphatic rings. The summed E-state index contributed by atoms with van der Waals surface area (Å²) in [5.74, 6) is 0.745. The van der Waals surface area contributed by atoms with Crippen LogP contribution in [0.1, 0.15) is 43.4 Å². The Kier molecular flexibility index (Phi) is 7.27. The monoisotopic (exact) mass is 337 g/mol. The van der Waals surface area contributed by atoms with Gasteiger partial charge in [0.25, 0.3) is 0 Å². The van der Waals surface area contributed by atoms with E-state index in [0.29, 0.717) is 0 Å². The maximum atomic E-state index is 12.2. The molecular weight excluding hydrogens is 310 g/mol. The summed E-state index contributed by atoms with van der Waals surface area (Å²) in [4.78, 5) is 12.2. The SMILES string of the molecule is CCCCOc1ccc(/C=C/C(=O)Nc2c(C)cccc2CC)cc1. The molecule has 0 unspecified atom stereocenters. The lowest BCUT2D eigenvalue weighted by Crippen LogP contribution is -2.11. The summed E-state index contributed by atoms with van der Waals surface area (Å²) in [5, 5.41) is 3.00. The van der Waals surface area contributed by atoms with E-state index < -0.39 is 0 Å². The lowest BCUT2D eigenvalue weighted by Gasteiger charge is -2.11. The van der Waals surface area contributed by atoms with Crippen molar-refractivity contribution in [2.75, 3.05) is 11.9 Å². The van der Waals surface area contributed by atoms with Gasteiger partial charge in [-0.25, -0.2) is 0 Å². The second-order valence-corrected chi connectivity index (χ2v) is 6.06. The standard InChI is InChI=1S/C22H27NO2/c1-4-6-16-25-20-13-10-18(11-14-20)12-15-21(24)23-22-17(3)8-7-9-19(22)5-2/h7-15H,4-6,16H2,1-3H3,(H,23,24)/b15-12+. The van der Waals surface area contributed by atoms with Crippen LogP contribution in [-0.2, 0) is 11.2 Å². The molecule has 2 aromatic carbocycles.